The molecule has 1 aliphatic rings. The van der Waals surface area contributed by atoms with Gasteiger partial charge in [0, 0.05) is 13.7 Å². The third-order valence-corrected chi connectivity index (χ3v) is 2.19. The molecular weight excluding hydrogens is 130 g/mol. The highest BCUT2D eigenvalue weighted by molar-refractivity contribution is 4.78. The lowest BCUT2D eigenvalue weighted by Gasteiger charge is -2.31. The van der Waals surface area contributed by atoms with E-state index >= 15 is 0 Å². The normalized spacial score (nSPS) is 35.1. The molecule has 0 N–H and O–H groups in total. The standard InChI is InChI=1S/C7H15NO2/c1-7(9-2)5-4-6-8(7)10-3/h4-6H2,1-3H3. The van der Waals surface area contributed by atoms with E-state index in [4.69, 9.17) is 9.57 Å². The average Bonchev–Trinajstić information content (AvgIpc) is 2.32. The van der Waals surface area contributed by atoms with Gasteiger partial charge >= 0.3 is 0 Å². The number of rotatable bonds is 2. The molecule has 0 bridgehead atoms. The SMILES string of the molecule is CON1CCCC1(C)OC. The Morgan fingerprint density at radius 3 is 2.50 bits per heavy atom. The van der Waals surface area contributed by atoms with E-state index in [1.54, 1.807) is 14.2 Å². The molecule has 3 nitrogen and oxygen atoms in total. The van der Waals surface area contributed by atoms with Crippen LogP contribution < -0.4 is 0 Å². The quantitative estimate of drug-likeness (QED) is 0.578. The Balaban J connectivity index is 2.56. The summed E-state index contributed by atoms with van der Waals surface area (Å²) in [4.78, 5) is 5.13. The lowest BCUT2D eigenvalue weighted by atomic mass is 10.2. The summed E-state index contributed by atoms with van der Waals surface area (Å²) in [6.45, 7) is 3.02. The first kappa shape index (κ1) is 7.98. The van der Waals surface area contributed by atoms with Crippen LogP contribution in [0.2, 0.25) is 0 Å². The van der Waals surface area contributed by atoms with Crippen LogP contribution in [0.4, 0.5) is 0 Å². The molecule has 0 saturated carbocycles. The van der Waals surface area contributed by atoms with Gasteiger partial charge in [-0.05, 0) is 19.8 Å². The minimum absolute atomic E-state index is 0.186. The van der Waals surface area contributed by atoms with E-state index in [1.807, 2.05) is 12.0 Å². The van der Waals surface area contributed by atoms with Crippen molar-refractivity contribution >= 4 is 0 Å². The number of ether oxygens (including phenoxy) is 1. The summed E-state index contributed by atoms with van der Waals surface area (Å²) in [6.07, 6.45) is 2.20. The Bertz CT molecular complexity index is 118. The van der Waals surface area contributed by atoms with Crippen molar-refractivity contribution in [3.8, 4) is 0 Å². The van der Waals surface area contributed by atoms with Crippen molar-refractivity contribution in [3.05, 3.63) is 0 Å². The maximum absolute atomic E-state index is 5.30. The van der Waals surface area contributed by atoms with E-state index in [2.05, 4.69) is 0 Å². The van der Waals surface area contributed by atoms with Crippen LogP contribution in [0.25, 0.3) is 0 Å². The molecular formula is C7H15NO2. The number of hydrogen-bond donors (Lipinski definition) is 0. The van der Waals surface area contributed by atoms with Crippen molar-refractivity contribution < 1.29 is 9.57 Å². The molecule has 1 atom stereocenters. The number of hydrogen-bond acceptors (Lipinski definition) is 3. The highest BCUT2D eigenvalue weighted by Crippen LogP contribution is 2.28. The molecule has 1 rings (SSSR count). The fourth-order valence-corrected chi connectivity index (χ4v) is 1.40. The Labute approximate surface area is 61.9 Å². The molecule has 1 unspecified atom stereocenters. The van der Waals surface area contributed by atoms with E-state index < -0.39 is 0 Å². The van der Waals surface area contributed by atoms with E-state index in [9.17, 15) is 0 Å². The molecule has 0 aromatic heterocycles. The Morgan fingerprint density at radius 2 is 2.10 bits per heavy atom. The summed E-state index contributed by atoms with van der Waals surface area (Å²) >= 11 is 0. The number of hydroxylamine groups is 2. The fourth-order valence-electron chi connectivity index (χ4n) is 1.40. The van der Waals surface area contributed by atoms with Crippen molar-refractivity contribution in [3.63, 3.8) is 0 Å². The summed E-state index contributed by atoms with van der Waals surface area (Å²) in [5.41, 5.74) is -0.186. The van der Waals surface area contributed by atoms with Crippen molar-refractivity contribution in [1.82, 2.24) is 5.06 Å². The lowest BCUT2D eigenvalue weighted by Crippen LogP contribution is -2.41. The van der Waals surface area contributed by atoms with E-state index in [1.165, 1.54) is 0 Å². The second-order valence-electron chi connectivity index (χ2n) is 2.77. The molecule has 10 heavy (non-hydrogen) atoms. The first-order chi connectivity index (χ1) is 4.73. The van der Waals surface area contributed by atoms with Crippen molar-refractivity contribution in [2.45, 2.75) is 25.5 Å². The Kier molecular flexibility index (Phi) is 2.28. The highest BCUT2D eigenvalue weighted by atomic mass is 16.7. The fraction of sp³-hybridized carbons (Fsp3) is 1.00. The van der Waals surface area contributed by atoms with E-state index in [0.29, 0.717) is 0 Å². The molecule has 0 aromatic carbocycles. The maximum atomic E-state index is 5.30. The smallest absolute Gasteiger partial charge is 0.140 e. The summed E-state index contributed by atoms with van der Waals surface area (Å²) in [7, 11) is 3.40. The van der Waals surface area contributed by atoms with Crippen LogP contribution in [0.15, 0.2) is 0 Å². The summed E-state index contributed by atoms with van der Waals surface area (Å²) in [5.74, 6) is 0. The monoisotopic (exact) mass is 145 g/mol. The van der Waals surface area contributed by atoms with Crippen molar-refractivity contribution in [2.75, 3.05) is 20.8 Å². The largest absolute Gasteiger partial charge is 0.362 e. The third kappa shape index (κ3) is 1.17. The van der Waals surface area contributed by atoms with Crippen LogP contribution >= 0.6 is 0 Å². The summed E-state index contributed by atoms with van der Waals surface area (Å²) in [5, 5.41) is 1.88. The van der Waals surface area contributed by atoms with Crippen molar-refractivity contribution in [2.24, 2.45) is 0 Å². The molecule has 60 valence electrons. The molecule has 0 aromatic rings. The second-order valence-corrected chi connectivity index (χ2v) is 2.77. The number of nitrogens with zero attached hydrogens (tertiary/aromatic N) is 1. The predicted octanol–water partition coefficient (Wildman–Crippen LogP) is 1.01. The maximum Gasteiger partial charge on any atom is 0.140 e. The first-order valence-electron chi connectivity index (χ1n) is 3.60. The summed E-state index contributed by atoms with van der Waals surface area (Å²) in [6, 6.07) is 0. The van der Waals surface area contributed by atoms with Gasteiger partial charge in [-0.3, -0.25) is 4.84 Å². The molecule has 1 heterocycles. The zero-order chi connectivity index (χ0) is 7.61. The molecule has 3 heteroatoms. The molecule has 0 radical (unpaired) electrons. The first-order valence-corrected chi connectivity index (χ1v) is 3.60. The van der Waals surface area contributed by atoms with Crippen LogP contribution in [-0.4, -0.2) is 31.6 Å². The van der Waals surface area contributed by atoms with E-state index in [-0.39, 0.29) is 5.72 Å². The Morgan fingerprint density at radius 1 is 1.40 bits per heavy atom. The molecule has 1 aliphatic heterocycles. The van der Waals surface area contributed by atoms with Crippen LogP contribution in [-0.2, 0) is 9.57 Å². The highest BCUT2D eigenvalue weighted by Gasteiger charge is 2.36. The van der Waals surface area contributed by atoms with Crippen LogP contribution in [0.3, 0.4) is 0 Å². The summed E-state index contributed by atoms with van der Waals surface area (Å²) < 4.78 is 5.30. The van der Waals surface area contributed by atoms with E-state index in [0.717, 1.165) is 19.4 Å². The third-order valence-electron chi connectivity index (χ3n) is 2.19. The van der Waals surface area contributed by atoms with Gasteiger partial charge in [0.1, 0.15) is 5.72 Å². The number of methoxy groups -OCH3 is 1. The topological polar surface area (TPSA) is 21.7 Å². The predicted molar refractivity (Wildman–Crippen MR) is 38.4 cm³/mol. The zero-order valence-corrected chi connectivity index (χ0v) is 6.89. The van der Waals surface area contributed by atoms with Gasteiger partial charge in [0.15, 0.2) is 0 Å². The van der Waals surface area contributed by atoms with Gasteiger partial charge in [-0.1, -0.05) is 0 Å². The Hall–Kier alpha value is -0.120. The molecule has 1 fully saturated rings. The minimum atomic E-state index is -0.186. The molecule has 0 spiro atoms. The van der Waals surface area contributed by atoms with Gasteiger partial charge in [0.05, 0.1) is 7.11 Å². The van der Waals surface area contributed by atoms with Crippen LogP contribution in [0.1, 0.15) is 19.8 Å². The van der Waals surface area contributed by atoms with Crippen LogP contribution in [0.5, 0.6) is 0 Å². The van der Waals surface area contributed by atoms with Gasteiger partial charge < -0.3 is 4.74 Å². The minimum Gasteiger partial charge on any atom is -0.362 e. The van der Waals surface area contributed by atoms with Gasteiger partial charge in [-0.25, -0.2) is 0 Å². The van der Waals surface area contributed by atoms with Crippen molar-refractivity contribution in [1.29, 1.82) is 0 Å². The van der Waals surface area contributed by atoms with Gasteiger partial charge in [0.25, 0.3) is 0 Å². The average molecular weight is 145 g/mol. The van der Waals surface area contributed by atoms with Gasteiger partial charge in [-0.15, -0.1) is 0 Å². The lowest BCUT2D eigenvalue weighted by molar-refractivity contribution is -0.260. The van der Waals surface area contributed by atoms with Gasteiger partial charge in [-0.2, -0.15) is 5.06 Å². The molecule has 0 amide bonds. The molecule has 1 saturated heterocycles. The second kappa shape index (κ2) is 2.86. The van der Waals surface area contributed by atoms with Gasteiger partial charge in [0.2, 0.25) is 0 Å². The van der Waals surface area contributed by atoms with Crippen LogP contribution in [0, 0.1) is 0 Å². The zero-order valence-electron chi connectivity index (χ0n) is 6.89. The molecule has 0 aliphatic carbocycles.